The Balaban J connectivity index is 1.85. The van der Waals surface area contributed by atoms with Crippen LogP contribution in [-0.4, -0.2) is 30.5 Å². The van der Waals surface area contributed by atoms with Crippen LogP contribution in [0.3, 0.4) is 0 Å². The fourth-order valence-corrected chi connectivity index (χ4v) is 2.62. The van der Waals surface area contributed by atoms with Crippen LogP contribution in [-0.2, 0) is 17.9 Å². The molecular formula is C20H25ClN2O2. The highest BCUT2D eigenvalue weighted by molar-refractivity contribution is 6.30. The van der Waals surface area contributed by atoms with Crippen molar-refractivity contribution in [3.63, 3.8) is 0 Å². The lowest BCUT2D eigenvalue weighted by molar-refractivity contribution is -0.123. The van der Waals surface area contributed by atoms with Crippen LogP contribution in [0.15, 0.2) is 48.5 Å². The molecule has 4 nitrogen and oxygen atoms in total. The van der Waals surface area contributed by atoms with E-state index in [-0.39, 0.29) is 12.5 Å². The van der Waals surface area contributed by atoms with Gasteiger partial charge in [-0.3, -0.25) is 9.69 Å². The standard InChI is InChI=1S/C20H25ClN2O2/c1-3-23(4-2)14-17-8-6-5-7-16(17)13-22-20(24)15-25-19-11-9-18(21)10-12-19/h5-12H,3-4,13-15H2,1-2H3,(H,22,24). The minimum atomic E-state index is -0.146. The monoisotopic (exact) mass is 360 g/mol. The van der Waals surface area contributed by atoms with Gasteiger partial charge in [-0.15, -0.1) is 0 Å². The first-order valence-corrected chi connectivity index (χ1v) is 8.94. The third kappa shape index (κ3) is 6.40. The third-order valence-corrected chi connectivity index (χ3v) is 4.32. The molecule has 0 aliphatic rings. The predicted octanol–water partition coefficient (Wildman–Crippen LogP) is 3.88. The topological polar surface area (TPSA) is 41.6 Å². The highest BCUT2D eigenvalue weighted by atomic mass is 35.5. The predicted molar refractivity (Wildman–Crippen MR) is 102 cm³/mol. The van der Waals surface area contributed by atoms with Gasteiger partial charge in [0, 0.05) is 18.1 Å². The SMILES string of the molecule is CCN(CC)Cc1ccccc1CNC(=O)COc1ccc(Cl)cc1. The van der Waals surface area contributed by atoms with E-state index in [1.54, 1.807) is 24.3 Å². The van der Waals surface area contributed by atoms with Crippen molar-refractivity contribution in [3.8, 4) is 5.75 Å². The maximum atomic E-state index is 12.0. The first kappa shape index (κ1) is 19.3. The van der Waals surface area contributed by atoms with Crippen molar-refractivity contribution in [2.45, 2.75) is 26.9 Å². The molecule has 0 bridgehead atoms. The number of amides is 1. The van der Waals surface area contributed by atoms with Gasteiger partial charge < -0.3 is 10.1 Å². The lowest BCUT2D eigenvalue weighted by atomic mass is 10.1. The highest BCUT2D eigenvalue weighted by Gasteiger charge is 2.08. The second-order valence-electron chi connectivity index (χ2n) is 5.75. The normalized spacial score (nSPS) is 10.7. The van der Waals surface area contributed by atoms with E-state index < -0.39 is 0 Å². The molecule has 1 N–H and O–H groups in total. The number of ether oxygens (including phenoxy) is 1. The van der Waals surface area contributed by atoms with E-state index in [1.165, 1.54) is 5.56 Å². The van der Waals surface area contributed by atoms with Crippen molar-refractivity contribution in [2.75, 3.05) is 19.7 Å². The number of nitrogens with zero attached hydrogens (tertiary/aromatic N) is 1. The van der Waals surface area contributed by atoms with E-state index in [0.717, 1.165) is 25.2 Å². The van der Waals surface area contributed by atoms with Crippen LogP contribution < -0.4 is 10.1 Å². The molecule has 134 valence electrons. The Morgan fingerprint density at radius 3 is 2.32 bits per heavy atom. The van der Waals surface area contributed by atoms with Gasteiger partial charge in [0.1, 0.15) is 5.75 Å². The molecule has 0 fully saturated rings. The Morgan fingerprint density at radius 1 is 1.04 bits per heavy atom. The molecule has 2 aromatic rings. The van der Waals surface area contributed by atoms with Crippen molar-refractivity contribution in [3.05, 3.63) is 64.7 Å². The van der Waals surface area contributed by atoms with Gasteiger partial charge in [0.15, 0.2) is 6.61 Å². The molecular weight excluding hydrogens is 336 g/mol. The van der Waals surface area contributed by atoms with Crippen LogP contribution in [0, 0.1) is 0 Å². The van der Waals surface area contributed by atoms with Gasteiger partial charge in [0.05, 0.1) is 0 Å². The summed E-state index contributed by atoms with van der Waals surface area (Å²) < 4.78 is 5.46. The van der Waals surface area contributed by atoms with Gasteiger partial charge in [-0.1, -0.05) is 49.7 Å². The maximum Gasteiger partial charge on any atom is 0.258 e. The Hall–Kier alpha value is -2.04. The van der Waals surface area contributed by atoms with Crippen LogP contribution in [0.2, 0.25) is 5.02 Å². The molecule has 1 amide bonds. The van der Waals surface area contributed by atoms with E-state index in [4.69, 9.17) is 16.3 Å². The average molecular weight is 361 g/mol. The summed E-state index contributed by atoms with van der Waals surface area (Å²) >= 11 is 5.83. The van der Waals surface area contributed by atoms with Crippen LogP contribution >= 0.6 is 11.6 Å². The Labute approximate surface area is 154 Å². The Kier molecular flexibility index (Phi) is 7.76. The summed E-state index contributed by atoms with van der Waals surface area (Å²) in [5, 5.41) is 3.56. The smallest absolute Gasteiger partial charge is 0.258 e. The lowest BCUT2D eigenvalue weighted by Crippen LogP contribution is -2.29. The molecule has 2 aromatic carbocycles. The van der Waals surface area contributed by atoms with Gasteiger partial charge in [-0.25, -0.2) is 0 Å². The number of carbonyl (C=O) groups excluding carboxylic acids is 1. The molecule has 5 heteroatoms. The summed E-state index contributed by atoms with van der Waals surface area (Å²) in [5.41, 5.74) is 2.37. The zero-order valence-corrected chi connectivity index (χ0v) is 15.6. The largest absolute Gasteiger partial charge is 0.484 e. The lowest BCUT2D eigenvalue weighted by Gasteiger charge is -2.20. The molecule has 0 unspecified atom stereocenters. The number of hydrogen-bond acceptors (Lipinski definition) is 3. The molecule has 25 heavy (non-hydrogen) atoms. The molecule has 0 saturated carbocycles. The quantitative estimate of drug-likeness (QED) is 0.738. The Bertz CT molecular complexity index is 670. The van der Waals surface area contributed by atoms with Crippen LogP contribution in [0.4, 0.5) is 0 Å². The van der Waals surface area contributed by atoms with Gasteiger partial charge in [-0.2, -0.15) is 0 Å². The van der Waals surface area contributed by atoms with Crippen LogP contribution in [0.5, 0.6) is 5.75 Å². The van der Waals surface area contributed by atoms with Gasteiger partial charge in [0.25, 0.3) is 5.91 Å². The maximum absolute atomic E-state index is 12.0. The molecule has 2 rings (SSSR count). The fourth-order valence-electron chi connectivity index (χ4n) is 2.50. The number of carbonyl (C=O) groups is 1. The van der Waals surface area contributed by atoms with Crippen molar-refractivity contribution in [1.82, 2.24) is 10.2 Å². The first-order valence-electron chi connectivity index (χ1n) is 8.56. The second-order valence-corrected chi connectivity index (χ2v) is 6.19. The summed E-state index contributed by atoms with van der Waals surface area (Å²) in [5.74, 6) is 0.481. The van der Waals surface area contributed by atoms with E-state index in [9.17, 15) is 4.79 Å². The van der Waals surface area contributed by atoms with Gasteiger partial charge in [0.2, 0.25) is 0 Å². The number of rotatable bonds is 9. The molecule has 0 radical (unpaired) electrons. The zero-order valence-electron chi connectivity index (χ0n) is 14.8. The van der Waals surface area contributed by atoms with Crippen molar-refractivity contribution < 1.29 is 9.53 Å². The fraction of sp³-hybridized carbons (Fsp3) is 0.350. The minimum absolute atomic E-state index is 0.0140. The van der Waals surface area contributed by atoms with E-state index in [2.05, 4.69) is 36.2 Å². The number of benzene rings is 2. The molecule has 0 saturated heterocycles. The molecule has 0 aliphatic heterocycles. The van der Waals surface area contributed by atoms with Crippen molar-refractivity contribution >= 4 is 17.5 Å². The Morgan fingerprint density at radius 2 is 1.68 bits per heavy atom. The molecule has 0 heterocycles. The molecule has 0 spiro atoms. The summed E-state index contributed by atoms with van der Waals surface area (Å²) in [6.45, 7) is 7.70. The van der Waals surface area contributed by atoms with Crippen LogP contribution in [0.25, 0.3) is 0 Å². The second kappa shape index (κ2) is 10.1. The molecule has 0 aromatic heterocycles. The average Bonchev–Trinajstić information content (AvgIpc) is 2.64. The van der Waals surface area contributed by atoms with E-state index in [0.29, 0.717) is 17.3 Å². The zero-order chi connectivity index (χ0) is 18.1. The van der Waals surface area contributed by atoms with Gasteiger partial charge >= 0.3 is 0 Å². The van der Waals surface area contributed by atoms with E-state index >= 15 is 0 Å². The van der Waals surface area contributed by atoms with Crippen molar-refractivity contribution in [2.24, 2.45) is 0 Å². The third-order valence-electron chi connectivity index (χ3n) is 4.07. The highest BCUT2D eigenvalue weighted by Crippen LogP contribution is 2.15. The minimum Gasteiger partial charge on any atom is -0.484 e. The van der Waals surface area contributed by atoms with E-state index in [1.807, 2.05) is 12.1 Å². The molecule has 0 aliphatic carbocycles. The number of halogens is 1. The number of nitrogens with one attached hydrogen (secondary N) is 1. The summed E-state index contributed by atoms with van der Waals surface area (Å²) in [7, 11) is 0. The van der Waals surface area contributed by atoms with Gasteiger partial charge in [-0.05, 0) is 48.5 Å². The van der Waals surface area contributed by atoms with Crippen LogP contribution in [0.1, 0.15) is 25.0 Å². The first-order chi connectivity index (χ1) is 12.1. The molecule has 0 atom stereocenters. The summed E-state index contributed by atoms with van der Waals surface area (Å²) in [4.78, 5) is 14.4. The summed E-state index contributed by atoms with van der Waals surface area (Å²) in [6.07, 6.45) is 0. The summed E-state index contributed by atoms with van der Waals surface area (Å²) in [6, 6.07) is 15.2. The van der Waals surface area contributed by atoms with Crippen molar-refractivity contribution in [1.29, 1.82) is 0 Å². The number of hydrogen-bond donors (Lipinski definition) is 1.